The molecule has 2 atom stereocenters. The van der Waals surface area contributed by atoms with Crippen LogP contribution in [-0.2, 0) is 9.59 Å². The monoisotopic (exact) mass is 300 g/mol. The molecule has 116 valence electrons. The van der Waals surface area contributed by atoms with E-state index < -0.39 is 0 Å². The van der Waals surface area contributed by atoms with E-state index >= 15 is 0 Å². The molecule has 2 aliphatic rings. The Morgan fingerprint density at radius 1 is 1.09 bits per heavy atom. The molecule has 1 aromatic rings. The summed E-state index contributed by atoms with van der Waals surface area (Å²) in [7, 11) is 0. The van der Waals surface area contributed by atoms with Crippen molar-refractivity contribution in [1.29, 1.82) is 0 Å². The van der Waals surface area contributed by atoms with Crippen molar-refractivity contribution in [3.63, 3.8) is 0 Å². The van der Waals surface area contributed by atoms with Crippen molar-refractivity contribution in [2.75, 3.05) is 18.6 Å². The lowest BCUT2D eigenvalue weighted by Crippen LogP contribution is -2.35. The van der Waals surface area contributed by atoms with Crippen molar-refractivity contribution in [3.8, 4) is 5.75 Å². The fraction of sp³-hybridized carbons (Fsp3) is 0.412. The van der Waals surface area contributed by atoms with Crippen LogP contribution in [-0.4, -0.2) is 30.0 Å². The van der Waals surface area contributed by atoms with Crippen molar-refractivity contribution in [2.45, 2.75) is 19.8 Å². The highest BCUT2D eigenvalue weighted by molar-refractivity contribution is 6.05. The van der Waals surface area contributed by atoms with E-state index in [-0.39, 0.29) is 30.3 Å². The van der Waals surface area contributed by atoms with E-state index in [9.17, 15) is 9.59 Å². The maximum atomic E-state index is 12.3. The summed E-state index contributed by atoms with van der Waals surface area (Å²) >= 11 is 0. The molecule has 1 aliphatic heterocycles. The molecule has 1 aliphatic carbocycles. The van der Waals surface area contributed by atoms with Gasteiger partial charge in [0.25, 0.3) is 0 Å². The predicted molar refractivity (Wildman–Crippen MR) is 83.3 cm³/mol. The number of fused-ring (bicyclic) bond motifs is 1. The topological polar surface area (TPSA) is 58.6 Å². The van der Waals surface area contributed by atoms with Crippen LogP contribution in [0.25, 0.3) is 0 Å². The SMILES string of the molecule is CCOc1ccc(NCN2C(=O)[C@@H]3CC=CC[C@H]3C2=O)cc1. The molecule has 0 aromatic heterocycles. The van der Waals surface area contributed by atoms with E-state index in [4.69, 9.17) is 4.74 Å². The van der Waals surface area contributed by atoms with E-state index in [1.54, 1.807) is 0 Å². The van der Waals surface area contributed by atoms with Crippen molar-refractivity contribution >= 4 is 17.5 Å². The fourth-order valence-electron chi connectivity index (χ4n) is 3.03. The number of anilines is 1. The van der Waals surface area contributed by atoms with Crippen molar-refractivity contribution in [2.24, 2.45) is 11.8 Å². The minimum absolute atomic E-state index is 0.0576. The van der Waals surface area contributed by atoms with E-state index in [1.807, 2.05) is 43.3 Å². The van der Waals surface area contributed by atoms with Gasteiger partial charge in [-0.1, -0.05) is 12.2 Å². The van der Waals surface area contributed by atoms with Crippen LogP contribution in [0.15, 0.2) is 36.4 Å². The predicted octanol–water partition coefficient (Wildman–Crippen LogP) is 2.41. The molecular weight excluding hydrogens is 280 g/mol. The van der Waals surface area contributed by atoms with Gasteiger partial charge in [-0.15, -0.1) is 0 Å². The second-order valence-corrected chi connectivity index (χ2v) is 5.55. The zero-order chi connectivity index (χ0) is 15.5. The summed E-state index contributed by atoms with van der Waals surface area (Å²) < 4.78 is 5.38. The third-order valence-electron chi connectivity index (χ3n) is 4.21. The molecule has 0 unspecified atom stereocenters. The number of allylic oxidation sites excluding steroid dienone is 2. The van der Waals surface area contributed by atoms with Crippen LogP contribution in [0, 0.1) is 11.8 Å². The van der Waals surface area contributed by atoms with Crippen molar-refractivity contribution < 1.29 is 14.3 Å². The third-order valence-corrected chi connectivity index (χ3v) is 4.21. The molecule has 2 amide bonds. The molecule has 0 radical (unpaired) electrons. The van der Waals surface area contributed by atoms with Crippen molar-refractivity contribution in [1.82, 2.24) is 4.90 Å². The number of amides is 2. The van der Waals surface area contributed by atoms with Gasteiger partial charge in [-0.25, -0.2) is 0 Å². The van der Waals surface area contributed by atoms with Gasteiger partial charge in [-0.2, -0.15) is 0 Å². The molecule has 1 aromatic carbocycles. The van der Waals surface area contributed by atoms with Crippen LogP contribution < -0.4 is 10.1 Å². The Morgan fingerprint density at radius 2 is 1.68 bits per heavy atom. The Kier molecular flexibility index (Phi) is 4.13. The first-order valence-electron chi connectivity index (χ1n) is 7.67. The smallest absolute Gasteiger partial charge is 0.234 e. The van der Waals surface area contributed by atoms with Gasteiger partial charge in [0.2, 0.25) is 11.8 Å². The normalized spacial score (nSPS) is 23.6. The summed E-state index contributed by atoms with van der Waals surface area (Å²) in [6, 6.07) is 7.49. The van der Waals surface area contributed by atoms with Gasteiger partial charge in [0.15, 0.2) is 0 Å². The van der Waals surface area contributed by atoms with Crippen molar-refractivity contribution in [3.05, 3.63) is 36.4 Å². The van der Waals surface area contributed by atoms with Gasteiger partial charge >= 0.3 is 0 Å². The minimum Gasteiger partial charge on any atom is -0.494 e. The summed E-state index contributed by atoms with van der Waals surface area (Å²) in [4.78, 5) is 26.0. The highest BCUT2D eigenvalue weighted by Gasteiger charge is 2.46. The van der Waals surface area contributed by atoms with Gasteiger partial charge in [0, 0.05) is 5.69 Å². The van der Waals surface area contributed by atoms with Crippen LogP contribution >= 0.6 is 0 Å². The van der Waals surface area contributed by atoms with Crippen LogP contribution in [0.1, 0.15) is 19.8 Å². The Morgan fingerprint density at radius 3 is 2.23 bits per heavy atom. The van der Waals surface area contributed by atoms with Gasteiger partial charge in [0.05, 0.1) is 25.1 Å². The zero-order valence-electron chi connectivity index (χ0n) is 12.6. The Bertz CT molecular complexity index is 568. The first-order chi connectivity index (χ1) is 10.7. The molecule has 1 saturated heterocycles. The lowest BCUT2D eigenvalue weighted by Gasteiger charge is -2.16. The molecule has 22 heavy (non-hydrogen) atoms. The molecule has 0 saturated carbocycles. The minimum atomic E-state index is -0.167. The molecule has 3 rings (SSSR count). The summed E-state index contributed by atoms with van der Waals surface area (Å²) in [6.07, 6.45) is 5.34. The largest absolute Gasteiger partial charge is 0.494 e. The number of hydrogen-bond acceptors (Lipinski definition) is 4. The van der Waals surface area contributed by atoms with E-state index in [0.29, 0.717) is 19.4 Å². The maximum Gasteiger partial charge on any atom is 0.234 e. The number of carbonyl (C=O) groups excluding carboxylic acids is 2. The van der Waals surface area contributed by atoms with Crippen LogP contribution in [0.5, 0.6) is 5.75 Å². The average molecular weight is 300 g/mol. The lowest BCUT2D eigenvalue weighted by molar-refractivity contribution is -0.139. The molecule has 0 bridgehead atoms. The summed E-state index contributed by atoms with van der Waals surface area (Å²) in [5.74, 6) is 0.355. The number of ether oxygens (including phenoxy) is 1. The molecule has 1 N–H and O–H groups in total. The standard InChI is InChI=1S/C17H20N2O3/c1-2-22-13-9-7-12(8-10-13)18-11-19-16(20)14-5-3-4-6-15(14)17(19)21/h3-4,7-10,14-15,18H,2,5-6,11H2,1H3/t14-,15-/m1/s1. The van der Waals surface area contributed by atoms with Gasteiger partial charge < -0.3 is 10.1 Å². The van der Waals surface area contributed by atoms with Crippen LogP contribution in [0.2, 0.25) is 0 Å². The van der Waals surface area contributed by atoms with E-state index in [2.05, 4.69) is 5.32 Å². The molecule has 5 heteroatoms. The van der Waals surface area contributed by atoms with Gasteiger partial charge in [-0.05, 0) is 44.0 Å². The summed E-state index contributed by atoms with van der Waals surface area (Å²) in [5.41, 5.74) is 0.858. The number of likely N-dealkylation sites (tertiary alicyclic amines) is 1. The molecule has 1 heterocycles. The van der Waals surface area contributed by atoms with E-state index in [1.165, 1.54) is 4.90 Å². The maximum absolute atomic E-state index is 12.3. The first-order valence-corrected chi connectivity index (χ1v) is 7.67. The summed E-state index contributed by atoms with van der Waals surface area (Å²) in [6.45, 7) is 2.78. The lowest BCUT2D eigenvalue weighted by atomic mass is 9.85. The Balaban J connectivity index is 1.61. The molecule has 0 spiro atoms. The number of hydrogen-bond donors (Lipinski definition) is 1. The highest BCUT2D eigenvalue weighted by atomic mass is 16.5. The van der Waals surface area contributed by atoms with Gasteiger partial charge in [-0.3, -0.25) is 14.5 Å². The second-order valence-electron chi connectivity index (χ2n) is 5.55. The summed E-state index contributed by atoms with van der Waals surface area (Å²) in [5, 5.41) is 3.13. The van der Waals surface area contributed by atoms with Crippen LogP contribution in [0.4, 0.5) is 5.69 Å². The van der Waals surface area contributed by atoms with E-state index in [0.717, 1.165) is 11.4 Å². The third kappa shape index (κ3) is 2.71. The first kappa shape index (κ1) is 14.6. The quantitative estimate of drug-likeness (QED) is 0.670. The number of nitrogens with one attached hydrogen (secondary N) is 1. The molecular formula is C17H20N2O3. The Labute approximate surface area is 129 Å². The average Bonchev–Trinajstić information content (AvgIpc) is 2.79. The zero-order valence-corrected chi connectivity index (χ0v) is 12.6. The highest BCUT2D eigenvalue weighted by Crippen LogP contribution is 2.34. The number of rotatable bonds is 5. The molecule has 1 fully saturated rings. The second kappa shape index (κ2) is 6.22. The fourth-order valence-corrected chi connectivity index (χ4v) is 3.03. The number of benzene rings is 1. The Hall–Kier alpha value is -2.30. The molecule has 5 nitrogen and oxygen atoms in total. The van der Waals surface area contributed by atoms with Crippen LogP contribution in [0.3, 0.4) is 0 Å². The number of imide groups is 1. The van der Waals surface area contributed by atoms with Gasteiger partial charge in [0.1, 0.15) is 5.75 Å². The number of nitrogens with zero attached hydrogens (tertiary/aromatic N) is 1. The number of carbonyl (C=O) groups is 2.